The quantitative estimate of drug-likeness (QED) is 0.103. The molecule has 0 N–H and O–H groups in total. The van der Waals surface area contributed by atoms with Crippen LogP contribution in [0, 0.1) is 157 Å². The topological polar surface area (TPSA) is 36.9 Å². The van der Waals surface area contributed by atoms with E-state index in [1.54, 1.807) is 25.1 Å². The van der Waals surface area contributed by atoms with Crippen LogP contribution in [0.1, 0.15) is 352 Å². The van der Waals surface area contributed by atoms with Crippen LogP contribution < -0.4 is 9.47 Å². The predicted octanol–water partition coefficient (Wildman–Crippen LogP) is 34.1. The fraction of sp³-hybridized carbons (Fsp3) is 0.698. The second-order valence-corrected chi connectivity index (χ2v) is 40.0. The van der Waals surface area contributed by atoms with E-state index in [4.69, 9.17) is 9.47 Å². The van der Waals surface area contributed by atoms with Crippen LogP contribution in [-0.4, -0.2) is 32.5 Å². The van der Waals surface area contributed by atoms with Crippen molar-refractivity contribution in [3.8, 4) is 11.5 Å². The van der Waals surface area contributed by atoms with Gasteiger partial charge in [0.05, 0.1) is 19.0 Å². The minimum Gasteiger partial charge on any atom is -0.429 e. The van der Waals surface area contributed by atoms with Gasteiger partial charge in [0.2, 0.25) is 0 Å². The molecular weight excluding hydrogens is 1570 g/mol. The van der Waals surface area contributed by atoms with Crippen LogP contribution in [0.25, 0.3) is 0 Å². The molecule has 0 spiro atoms. The predicted molar refractivity (Wildman–Crippen MR) is 477 cm³/mol. The smallest absolute Gasteiger partial charge is 0.429 e. The van der Waals surface area contributed by atoms with Crippen LogP contribution in [0.3, 0.4) is 0 Å². The number of halogens is 12. The number of hydrogen-bond donors (Lipinski definition) is 0. The number of aryl methyl sites for hydroxylation is 4. The first kappa shape index (κ1) is 104. The summed E-state index contributed by atoms with van der Waals surface area (Å²) in [7, 11) is 0. The SMILES string of the molecule is CC1=C(F)CC(C)CC1.CC1CCC(C)CC1.CC1CCC(C)CC1.CC1CCC(C2CCC(Cc3cc(F)c(F)c(F)c3)CC2)CC1.CC1CCC(C2CCC(c3cc(F)c(OC(F)F)c(F)c3)CC2)CC1.CC1CCC(C2CCC(c3ccc(OC(F)(F)F)cc3)CC2)CC1.CC1COC(C)OC1.Cc1ccc(C)c(F)c1.Cc1ccc(C)cc1. The molecule has 1 unspecified atom stereocenters. The highest BCUT2D eigenvalue weighted by atomic mass is 19.4. The molecule has 5 aromatic carbocycles. The van der Waals surface area contributed by atoms with Crippen molar-refractivity contribution in [2.24, 2.45) is 94.7 Å². The van der Waals surface area contributed by atoms with Gasteiger partial charge in [-0.15, -0.1) is 13.2 Å². The number of benzene rings is 5. The average molecular weight is 1720 g/mol. The van der Waals surface area contributed by atoms with Crippen molar-refractivity contribution < 1.29 is 71.6 Å². The molecule has 1 atom stereocenters. The number of hydrogen-bond acceptors (Lipinski definition) is 4. The molecule has 0 amide bonds. The number of rotatable bonds is 10. The molecule has 0 bridgehead atoms. The molecule has 8 saturated carbocycles. The van der Waals surface area contributed by atoms with E-state index in [9.17, 15) is 52.7 Å². The van der Waals surface area contributed by atoms with E-state index in [2.05, 4.69) is 110 Å². The highest BCUT2D eigenvalue weighted by molar-refractivity contribution is 5.34. The molecule has 1 aliphatic heterocycles. The molecule has 1 saturated heterocycles. The first-order valence-corrected chi connectivity index (χ1v) is 47.7. The lowest BCUT2D eigenvalue weighted by atomic mass is 9.68. The molecule has 4 nitrogen and oxygen atoms in total. The van der Waals surface area contributed by atoms with Gasteiger partial charge in [0.25, 0.3) is 0 Å². The molecule has 10 aliphatic rings. The monoisotopic (exact) mass is 1720 g/mol. The van der Waals surface area contributed by atoms with Crippen molar-refractivity contribution in [2.45, 2.75) is 366 Å². The zero-order chi connectivity index (χ0) is 89.2. The normalized spacial score (nSPS) is 29.8. The van der Waals surface area contributed by atoms with Crippen molar-refractivity contribution in [2.75, 3.05) is 13.2 Å². The molecule has 16 heteroatoms. The van der Waals surface area contributed by atoms with Crippen LogP contribution >= 0.6 is 0 Å². The Balaban J connectivity index is 0.000000198. The van der Waals surface area contributed by atoms with Crippen LogP contribution in [0.15, 0.2) is 102 Å². The fourth-order valence-corrected chi connectivity index (χ4v) is 20.1. The first-order valence-electron chi connectivity index (χ1n) is 47.7. The third-order valence-corrected chi connectivity index (χ3v) is 28.9. The number of alkyl halides is 5. The maximum absolute atomic E-state index is 13.9. The molecule has 5 aromatic rings. The minimum atomic E-state index is -4.61. The maximum atomic E-state index is 13.9. The molecule has 9 aliphatic carbocycles. The average Bonchev–Trinajstić information content (AvgIpc) is 0.821. The van der Waals surface area contributed by atoms with E-state index in [0.717, 1.165) is 189 Å². The summed E-state index contributed by atoms with van der Waals surface area (Å²) < 4.78 is 172. The van der Waals surface area contributed by atoms with E-state index in [0.29, 0.717) is 53.2 Å². The van der Waals surface area contributed by atoms with Crippen molar-refractivity contribution in [3.63, 3.8) is 0 Å². The number of ether oxygens (including phenoxy) is 4. The van der Waals surface area contributed by atoms with Gasteiger partial charge < -0.3 is 18.9 Å². The summed E-state index contributed by atoms with van der Waals surface area (Å²) in [6, 6.07) is 24.8. The Morgan fingerprint density at radius 3 is 1.02 bits per heavy atom. The molecule has 15 rings (SSSR count). The highest BCUT2D eigenvalue weighted by Crippen LogP contribution is 2.48. The van der Waals surface area contributed by atoms with Crippen LogP contribution in [0.5, 0.6) is 11.5 Å². The molecule has 9 fully saturated rings. The summed E-state index contributed by atoms with van der Waals surface area (Å²) in [6.45, 7) is 30.8. The standard InChI is InChI=1S/C20H26F4O.C20H27F3O.C20H27F3.C8H13F.C8H9F.2C8H16.C8H10.C6H12O2/c1-12-2-4-13(5-3-12)14-6-8-15(9-7-14)16-10-17(21)19(18(22)11-16)25-20(23)24;1-14-2-4-15(5-3-14)16-6-8-17(9-7-16)18-10-12-19(13-11-18)24-20(21,22)23;1-13-2-6-16(7-3-13)17-8-4-14(5-9-17)10-15-11-18(21)20(23)19(22)12-15;2*1-6-3-4-7(2)8(9)5-6;3*1-7-3-5-8(2)6-4-7;1-5-3-7-6(2)8-4-5/h10-15,20H,2-9H2,1H3;10-17H,2-9H2,1H3;11-14,16-17H,2-10H2,1H3;6H,3-5H2,1-2H3;3-5H,1-2H3;2*7-8H,3-6H2,1-2H3;3-6H,1-2H3;5-6H,3-4H2,1-2H3. The second kappa shape index (κ2) is 53.3. The molecular formula is C106H156F12O4. The first-order chi connectivity index (χ1) is 57.9. The summed E-state index contributed by atoms with van der Waals surface area (Å²) >= 11 is 0. The van der Waals surface area contributed by atoms with Gasteiger partial charge in [-0.05, 0) is 353 Å². The summed E-state index contributed by atoms with van der Waals surface area (Å²) in [6.07, 6.45) is 40.6. The van der Waals surface area contributed by atoms with Crippen molar-refractivity contribution >= 4 is 0 Å². The Morgan fingerprint density at radius 1 is 0.352 bits per heavy atom. The molecule has 1 heterocycles. The molecule has 122 heavy (non-hydrogen) atoms. The van der Waals surface area contributed by atoms with Gasteiger partial charge >= 0.3 is 13.0 Å². The summed E-state index contributed by atoms with van der Waals surface area (Å²) in [5, 5.41) is 0. The van der Waals surface area contributed by atoms with Gasteiger partial charge in [-0.25, -0.2) is 30.7 Å². The van der Waals surface area contributed by atoms with Crippen molar-refractivity contribution in [1.82, 2.24) is 0 Å². The fourth-order valence-electron chi connectivity index (χ4n) is 20.1. The minimum absolute atomic E-state index is 0.0196. The van der Waals surface area contributed by atoms with Gasteiger partial charge in [0.1, 0.15) is 11.6 Å². The van der Waals surface area contributed by atoms with E-state index in [1.807, 2.05) is 26.8 Å². The van der Waals surface area contributed by atoms with Crippen LogP contribution in [-0.2, 0) is 15.9 Å². The lowest BCUT2D eigenvalue weighted by Gasteiger charge is -2.37. The zero-order valence-electron chi connectivity index (χ0n) is 77.2. The van der Waals surface area contributed by atoms with E-state index >= 15 is 0 Å². The van der Waals surface area contributed by atoms with Gasteiger partial charge in [-0.1, -0.05) is 212 Å². The van der Waals surface area contributed by atoms with E-state index in [-0.39, 0.29) is 29.6 Å². The zero-order valence-corrected chi connectivity index (χ0v) is 77.2. The van der Waals surface area contributed by atoms with E-state index in [1.165, 1.54) is 190 Å². The highest BCUT2D eigenvalue weighted by Gasteiger charge is 2.36. The number of allylic oxidation sites excluding steroid dienone is 2. The molecule has 0 aromatic heterocycles. The van der Waals surface area contributed by atoms with Crippen LogP contribution in [0.2, 0.25) is 0 Å². The Labute approximate surface area is 729 Å². The van der Waals surface area contributed by atoms with Crippen molar-refractivity contribution in [3.05, 3.63) is 176 Å². The Kier molecular flexibility index (Phi) is 45.3. The summed E-state index contributed by atoms with van der Waals surface area (Å²) in [4.78, 5) is 0. The summed E-state index contributed by atoms with van der Waals surface area (Å²) in [5.41, 5.74) is 7.61. The second-order valence-electron chi connectivity index (χ2n) is 40.0. The largest absolute Gasteiger partial charge is 0.573 e. The van der Waals surface area contributed by atoms with Gasteiger partial charge in [0.15, 0.2) is 41.1 Å². The Bertz CT molecular complexity index is 3570. The third kappa shape index (κ3) is 38.6. The van der Waals surface area contributed by atoms with Gasteiger partial charge in [0, 0.05) is 12.3 Å². The summed E-state index contributed by atoms with van der Waals surface area (Å²) in [5.74, 6) is 7.29. The van der Waals surface area contributed by atoms with E-state index < -0.39 is 47.8 Å². The Morgan fingerprint density at radius 2 is 0.697 bits per heavy atom. The molecule has 688 valence electrons. The Hall–Kier alpha value is -5.48. The van der Waals surface area contributed by atoms with Gasteiger partial charge in [-0.2, -0.15) is 8.78 Å². The van der Waals surface area contributed by atoms with Crippen LogP contribution in [0.4, 0.5) is 52.7 Å². The lowest BCUT2D eigenvalue weighted by Crippen LogP contribution is -2.27. The van der Waals surface area contributed by atoms with Gasteiger partial charge in [-0.3, -0.25) is 0 Å². The van der Waals surface area contributed by atoms with Crippen molar-refractivity contribution in [1.29, 1.82) is 0 Å². The maximum Gasteiger partial charge on any atom is 0.573 e. The third-order valence-electron chi connectivity index (χ3n) is 28.9. The molecule has 0 radical (unpaired) electrons. The lowest BCUT2D eigenvalue weighted by molar-refractivity contribution is -0.274.